The van der Waals surface area contributed by atoms with Crippen LogP contribution in [0.3, 0.4) is 0 Å². The fourth-order valence-electron chi connectivity index (χ4n) is 2.32. The van der Waals surface area contributed by atoms with Crippen molar-refractivity contribution in [1.29, 1.82) is 0 Å². The number of halogens is 2. The summed E-state index contributed by atoms with van der Waals surface area (Å²) >= 11 is 0. The van der Waals surface area contributed by atoms with E-state index in [1.165, 1.54) is 24.3 Å². The summed E-state index contributed by atoms with van der Waals surface area (Å²) in [6.07, 6.45) is 3.20. The van der Waals surface area contributed by atoms with Crippen molar-refractivity contribution in [3.63, 3.8) is 0 Å². The molecule has 0 bridgehead atoms. The van der Waals surface area contributed by atoms with E-state index < -0.39 is 0 Å². The van der Waals surface area contributed by atoms with E-state index in [0.29, 0.717) is 0 Å². The molecule has 0 aliphatic rings. The van der Waals surface area contributed by atoms with Gasteiger partial charge in [-0.25, -0.2) is 8.78 Å². The minimum absolute atomic E-state index is 0.209. The zero-order chi connectivity index (χ0) is 15.7. The van der Waals surface area contributed by atoms with Gasteiger partial charge in [0.2, 0.25) is 0 Å². The van der Waals surface area contributed by atoms with Crippen molar-refractivity contribution in [3.8, 4) is 0 Å². The van der Waals surface area contributed by atoms with Crippen molar-refractivity contribution >= 4 is 0 Å². The minimum Gasteiger partial charge on any atom is -0.207 e. The normalized spacial score (nSPS) is 10.1. The topological polar surface area (TPSA) is 0 Å². The lowest BCUT2D eigenvalue weighted by molar-refractivity contribution is 0.616. The van der Waals surface area contributed by atoms with Crippen LogP contribution in [0.15, 0.2) is 61.7 Å². The molecule has 0 amide bonds. The van der Waals surface area contributed by atoms with E-state index >= 15 is 0 Å². The number of rotatable bonds is 5. The third kappa shape index (κ3) is 5.14. The van der Waals surface area contributed by atoms with Gasteiger partial charge in [0.15, 0.2) is 0 Å². The van der Waals surface area contributed by atoms with Crippen LogP contribution < -0.4 is 0 Å². The molecule has 0 radical (unpaired) electrons. The van der Waals surface area contributed by atoms with E-state index in [1.54, 1.807) is 0 Å². The third-order valence-corrected chi connectivity index (χ3v) is 3.39. The summed E-state index contributed by atoms with van der Waals surface area (Å²) in [6.45, 7) is 8.15. The molecule has 0 saturated heterocycles. The van der Waals surface area contributed by atoms with Crippen LogP contribution in [0.4, 0.5) is 8.78 Å². The summed E-state index contributed by atoms with van der Waals surface area (Å²) in [5.41, 5.74) is 2.17. The molecule has 0 aromatic heterocycles. The number of hydrogen-bond donors (Lipinski definition) is 0. The molecule has 0 atom stereocenters. The first-order valence-electron chi connectivity index (χ1n) is 7.21. The highest BCUT2D eigenvalue weighted by molar-refractivity contribution is 5.32. The predicted octanol–water partition coefficient (Wildman–Crippen LogP) is 6.09. The van der Waals surface area contributed by atoms with E-state index in [9.17, 15) is 8.78 Å². The number of hydrogen-bond acceptors (Lipinski definition) is 0. The third-order valence-electron chi connectivity index (χ3n) is 3.39. The van der Waals surface area contributed by atoms with Crippen LogP contribution in [0.1, 0.15) is 43.2 Å². The van der Waals surface area contributed by atoms with Crippen molar-refractivity contribution in [1.82, 2.24) is 0 Å². The van der Waals surface area contributed by atoms with Gasteiger partial charge in [-0.3, -0.25) is 0 Å². The molecule has 0 unspecified atom stereocenters. The van der Waals surface area contributed by atoms with Crippen LogP contribution in [0.25, 0.3) is 0 Å². The highest BCUT2D eigenvalue weighted by atomic mass is 19.1. The quantitative estimate of drug-likeness (QED) is 0.584. The predicted molar refractivity (Wildman–Crippen MR) is 85.4 cm³/mol. The van der Waals surface area contributed by atoms with E-state index in [-0.39, 0.29) is 17.6 Å². The van der Waals surface area contributed by atoms with Crippen molar-refractivity contribution in [2.24, 2.45) is 0 Å². The summed E-state index contributed by atoms with van der Waals surface area (Å²) in [5, 5.41) is 0. The van der Waals surface area contributed by atoms with E-state index in [4.69, 9.17) is 0 Å². The van der Waals surface area contributed by atoms with Crippen LogP contribution in [0, 0.1) is 11.6 Å². The van der Waals surface area contributed by atoms with E-state index in [0.717, 1.165) is 30.4 Å². The van der Waals surface area contributed by atoms with Gasteiger partial charge in [-0.1, -0.05) is 44.0 Å². The second kappa shape index (κ2) is 9.06. The lowest BCUT2D eigenvalue weighted by atomic mass is 9.87. The van der Waals surface area contributed by atoms with Crippen LogP contribution >= 0.6 is 0 Å². The summed E-state index contributed by atoms with van der Waals surface area (Å²) < 4.78 is 26.0. The van der Waals surface area contributed by atoms with E-state index in [2.05, 4.69) is 20.1 Å². The molecule has 0 aliphatic heterocycles. The Labute approximate surface area is 126 Å². The van der Waals surface area contributed by atoms with Crippen molar-refractivity contribution in [3.05, 3.63) is 84.5 Å². The fraction of sp³-hybridized carbons (Fsp3) is 0.263. The largest absolute Gasteiger partial charge is 0.207 e. The highest BCUT2D eigenvalue weighted by Crippen LogP contribution is 2.30. The smallest absolute Gasteiger partial charge is 0.123 e. The Morgan fingerprint density at radius 2 is 1.19 bits per heavy atom. The first-order valence-corrected chi connectivity index (χ1v) is 7.21. The van der Waals surface area contributed by atoms with Gasteiger partial charge in [-0.2, -0.15) is 0 Å². The molecule has 0 N–H and O–H groups in total. The Kier molecular flexibility index (Phi) is 7.38. The molecule has 0 heterocycles. The second-order valence-electron chi connectivity index (χ2n) is 4.80. The molecular formula is C19H22F2. The zero-order valence-electron chi connectivity index (χ0n) is 12.5. The fourth-order valence-corrected chi connectivity index (χ4v) is 2.32. The second-order valence-corrected chi connectivity index (χ2v) is 4.80. The molecule has 21 heavy (non-hydrogen) atoms. The van der Waals surface area contributed by atoms with Gasteiger partial charge in [0.05, 0.1) is 0 Å². The van der Waals surface area contributed by atoms with Crippen molar-refractivity contribution in [2.45, 2.75) is 32.1 Å². The summed E-state index contributed by atoms with van der Waals surface area (Å²) in [7, 11) is 0. The lowest BCUT2D eigenvalue weighted by Gasteiger charge is -2.18. The monoisotopic (exact) mass is 288 g/mol. The Morgan fingerprint density at radius 3 is 1.52 bits per heavy atom. The lowest BCUT2D eigenvalue weighted by Crippen LogP contribution is -2.01. The minimum atomic E-state index is -0.225. The maximum atomic E-state index is 13.0. The average Bonchev–Trinajstić information content (AvgIpc) is 2.53. The molecule has 0 spiro atoms. The summed E-state index contributed by atoms with van der Waals surface area (Å²) in [6, 6.07) is 13.2. The number of unbranched alkanes of at least 4 members (excludes halogenated alkanes) is 1. The molecule has 0 saturated carbocycles. The molecular weight excluding hydrogens is 266 g/mol. The Balaban J connectivity index is 0.00000106. The number of benzene rings is 2. The van der Waals surface area contributed by atoms with Gasteiger partial charge in [-0.05, 0) is 41.8 Å². The van der Waals surface area contributed by atoms with Crippen molar-refractivity contribution in [2.75, 3.05) is 0 Å². The van der Waals surface area contributed by atoms with Crippen LogP contribution in [-0.2, 0) is 0 Å². The van der Waals surface area contributed by atoms with Crippen LogP contribution in [-0.4, -0.2) is 0 Å². The van der Waals surface area contributed by atoms with Gasteiger partial charge < -0.3 is 0 Å². The molecule has 0 fully saturated rings. The molecule has 112 valence electrons. The Hall–Kier alpha value is -1.96. The summed E-state index contributed by atoms with van der Waals surface area (Å²) in [5.74, 6) is -0.240. The maximum absolute atomic E-state index is 13.0. The van der Waals surface area contributed by atoms with Crippen molar-refractivity contribution < 1.29 is 8.78 Å². The SMILES string of the molecule is C=C.CCCCC(c1ccc(F)cc1)c1ccc(F)cc1. The Morgan fingerprint density at radius 1 is 0.810 bits per heavy atom. The highest BCUT2D eigenvalue weighted by Gasteiger charge is 2.13. The summed E-state index contributed by atoms with van der Waals surface area (Å²) in [4.78, 5) is 0. The van der Waals surface area contributed by atoms with Gasteiger partial charge >= 0.3 is 0 Å². The van der Waals surface area contributed by atoms with Crippen LogP contribution in [0.2, 0.25) is 0 Å². The van der Waals surface area contributed by atoms with Gasteiger partial charge in [-0.15, -0.1) is 13.2 Å². The maximum Gasteiger partial charge on any atom is 0.123 e. The molecule has 0 aliphatic carbocycles. The van der Waals surface area contributed by atoms with Crippen LogP contribution in [0.5, 0.6) is 0 Å². The van der Waals surface area contributed by atoms with Gasteiger partial charge in [0.25, 0.3) is 0 Å². The van der Waals surface area contributed by atoms with Gasteiger partial charge in [0.1, 0.15) is 11.6 Å². The standard InChI is InChI=1S/C17H18F2.C2H4/c1-2-3-4-17(13-5-9-15(18)10-6-13)14-7-11-16(19)12-8-14;1-2/h5-12,17H,2-4H2,1H3;1-2H2. The van der Waals surface area contributed by atoms with E-state index in [1.807, 2.05) is 24.3 Å². The molecule has 2 heteroatoms. The molecule has 2 aromatic carbocycles. The first kappa shape index (κ1) is 17.1. The zero-order valence-corrected chi connectivity index (χ0v) is 12.5. The first-order chi connectivity index (χ1) is 10.2. The molecule has 2 aromatic rings. The van der Waals surface area contributed by atoms with Gasteiger partial charge in [0, 0.05) is 5.92 Å². The molecule has 0 nitrogen and oxygen atoms in total. The molecule has 2 rings (SSSR count). The Bertz CT molecular complexity index is 469. The average molecular weight is 288 g/mol.